The lowest BCUT2D eigenvalue weighted by atomic mass is 9.70. The Bertz CT molecular complexity index is 1400. The topological polar surface area (TPSA) is 130 Å². The average Bonchev–Trinajstić information content (AvgIpc) is 3.57. The molecule has 5 rings (SSSR count). The van der Waals surface area contributed by atoms with Gasteiger partial charge in [-0.3, -0.25) is 4.79 Å². The molecule has 37 heavy (non-hydrogen) atoms. The van der Waals surface area contributed by atoms with Crippen LogP contribution in [-0.2, 0) is 14.3 Å². The first kappa shape index (κ1) is 25.4. The number of para-hydroxylation sites is 1. The quantitative estimate of drug-likeness (QED) is 0.285. The van der Waals surface area contributed by atoms with Crippen molar-refractivity contribution in [1.82, 2.24) is 24.4 Å². The second kappa shape index (κ2) is 10.6. The summed E-state index contributed by atoms with van der Waals surface area (Å²) in [6.45, 7) is 0.985. The normalized spacial score (nSPS) is 19.9. The lowest BCUT2D eigenvalue weighted by Gasteiger charge is -2.36. The van der Waals surface area contributed by atoms with E-state index in [2.05, 4.69) is 26.1 Å². The Morgan fingerprint density at radius 3 is 2.65 bits per heavy atom. The lowest BCUT2D eigenvalue weighted by Crippen LogP contribution is -2.39. The maximum Gasteiger partial charge on any atom is 0.311 e. The van der Waals surface area contributed by atoms with Crippen LogP contribution >= 0.6 is 15.9 Å². The Morgan fingerprint density at radius 1 is 1.19 bits per heavy atom. The highest BCUT2D eigenvalue weighted by molar-refractivity contribution is 9.10. The van der Waals surface area contributed by atoms with Crippen molar-refractivity contribution >= 4 is 33.4 Å². The Balaban J connectivity index is 1.42. The van der Waals surface area contributed by atoms with E-state index in [1.807, 2.05) is 41.2 Å². The number of carboxylic acids is 1. The summed E-state index contributed by atoms with van der Waals surface area (Å²) in [6, 6.07) is 9.87. The zero-order valence-electron chi connectivity index (χ0n) is 20.5. The summed E-state index contributed by atoms with van der Waals surface area (Å²) in [5.41, 5.74) is 9.69. The summed E-state index contributed by atoms with van der Waals surface area (Å²) >= 11 is 3.63. The van der Waals surface area contributed by atoms with E-state index in [0.29, 0.717) is 54.8 Å². The van der Waals surface area contributed by atoms with E-state index >= 15 is 0 Å². The molecule has 1 fully saturated rings. The Hall–Kier alpha value is -3.28. The molecule has 0 bridgehead atoms. The van der Waals surface area contributed by atoms with E-state index in [1.165, 1.54) is 0 Å². The zero-order chi connectivity index (χ0) is 26.0. The fourth-order valence-electron chi connectivity index (χ4n) is 4.94. The first-order chi connectivity index (χ1) is 17.9. The van der Waals surface area contributed by atoms with Gasteiger partial charge in [0.05, 0.1) is 53.5 Å². The molecule has 0 radical (unpaired) electrons. The number of benzene rings is 1. The van der Waals surface area contributed by atoms with Gasteiger partial charge in [-0.1, -0.05) is 18.2 Å². The summed E-state index contributed by atoms with van der Waals surface area (Å²) in [5, 5.41) is 19.0. The first-order valence-corrected chi connectivity index (χ1v) is 13.0. The number of ether oxygens (including phenoxy) is 2. The largest absolute Gasteiger partial charge is 0.481 e. The second-order valence-electron chi connectivity index (χ2n) is 9.40. The number of nitrogens with zero attached hydrogens (tertiary/aromatic N) is 5. The van der Waals surface area contributed by atoms with E-state index in [9.17, 15) is 9.90 Å². The fourth-order valence-corrected chi connectivity index (χ4v) is 5.53. The van der Waals surface area contributed by atoms with E-state index in [1.54, 1.807) is 24.0 Å². The standard InChI is InChI=1S/C26H29BrN6O4/c1-36-11-12-37-16-26(25(34)35)9-7-17(8-10-26)22-21(27)23(28)33-24(31-22)20(14-30-33)18-13-29-32(15-18)19-5-3-2-4-6-19/h2-6,13-15,17H,7-12,16,28H2,1H3,(H,34,35)/t17-,26-. The van der Waals surface area contributed by atoms with Gasteiger partial charge < -0.3 is 20.3 Å². The zero-order valence-corrected chi connectivity index (χ0v) is 22.1. The number of fused-ring (bicyclic) bond motifs is 1. The van der Waals surface area contributed by atoms with Gasteiger partial charge in [-0.05, 0) is 53.7 Å². The van der Waals surface area contributed by atoms with Crippen LogP contribution in [-0.4, -0.2) is 62.4 Å². The van der Waals surface area contributed by atoms with Gasteiger partial charge in [0.1, 0.15) is 5.82 Å². The van der Waals surface area contributed by atoms with Crippen molar-refractivity contribution in [2.75, 3.05) is 32.7 Å². The number of carbonyl (C=O) groups is 1. The molecule has 10 nitrogen and oxygen atoms in total. The molecular formula is C26H29BrN6O4. The minimum absolute atomic E-state index is 0.0583. The summed E-state index contributed by atoms with van der Waals surface area (Å²) in [4.78, 5) is 17.2. The third kappa shape index (κ3) is 4.86. The molecule has 1 aliphatic carbocycles. The fraction of sp³-hybridized carbons (Fsp3) is 0.385. The van der Waals surface area contributed by atoms with Crippen LogP contribution in [0, 0.1) is 5.41 Å². The predicted molar refractivity (Wildman–Crippen MR) is 142 cm³/mol. The van der Waals surface area contributed by atoms with Gasteiger partial charge >= 0.3 is 5.97 Å². The molecule has 0 aliphatic heterocycles. The Morgan fingerprint density at radius 2 is 1.95 bits per heavy atom. The molecule has 0 spiro atoms. The van der Waals surface area contributed by atoms with Crippen molar-refractivity contribution in [3.63, 3.8) is 0 Å². The van der Waals surface area contributed by atoms with Gasteiger partial charge in [-0.25, -0.2) is 9.67 Å². The van der Waals surface area contributed by atoms with E-state index in [-0.39, 0.29) is 12.5 Å². The number of carboxylic acid groups (broad SMARTS) is 1. The van der Waals surface area contributed by atoms with Gasteiger partial charge in [-0.15, -0.1) is 0 Å². The molecule has 194 valence electrons. The highest BCUT2D eigenvalue weighted by Crippen LogP contribution is 2.45. The van der Waals surface area contributed by atoms with Crippen molar-refractivity contribution < 1.29 is 19.4 Å². The number of anilines is 1. The maximum atomic E-state index is 12.2. The number of rotatable bonds is 9. The molecule has 1 saturated carbocycles. The third-order valence-electron chi connectivity index (χ3n) is 7.16. The summed E-state index contributed by atoms with van der Waals surface area (Å²) in [6.07, 6.45) is 7.79. The second-order valence-corrected chi connectivity index (χ2v) is 10.2. The molecule has 0 unspecified atom stereocenters. The molecule has 0 atom stereocenters. The molecule has 1 aliphatic rings. The number of aromatic nitrogens is 5. The van der Waals surface area contributed by atoms with Crippen LogP contribution in [0.15, 0.2) is 53.4 Å². The van der Waals surface area contributed by atoms with Crippen molar-refractivity contribution in [3.05, 3.63) is 59.1 Å². The van der Waals surface area contributed by atoms with Gasteiger partial charge in [0.15, 0.2) is 5.65 Å². The number of methoxy groups -OCH3 is 1. The number of halogens is 1. The molecule has 3 aromatic heterocycles. The predicted octanol–water partition coefficient (Wildman–Crippen LogP) is 4.32. The Labute approximate surface area is 222 Å². The average molecular weight is 569 g/mol. The Kier molecular flexibility index (Phi) is 7.27. The van der Waals surface area contributed by atoms with E-state index < -0.39 is 11.4 Å². The van der Waals surface area contributed by atoms with E-state index in [4.69, 9.17) is 20.2 Å². The molecule has 4 aromatic rings. The number of hydrogen-bond acceptors (Lipinski definition) is 7. The minimum Gasteiger partial charge on any atom is -0.481 e. The molecule has 3 N–H and O–H groups in total. The van der Waals surface area contributed by atoms with Crippen molar-refractivity contribution in [1.29, 1.82) is 0 Å². The highest BCUT2D eigenvalue weighted by atomic mass is 79.9. The van der Waals surface area contributed by atoms with Crippen LogP contribution in [0.2, 0.25) is 0 Å². The van der Waals surface area contributed by atoms with Crippen LogP contribution < -0.4 is 5.73 Å². The summed E-state index contributed by atoms with van der Waals surface area (Å²) in [7, 11) is 1.59. The molecule has 1 aromatic carbocycles. The molecule has 0 amide bonds. The monoisotopic (exact) mass is 568 g/mol. The van der Waals surface area contributed by atoms with Crippen molar-refractivity contribution in [2.24, 2.45) is 5.41 Å². The van der Waals surface area contributed by atoms with Crippen molar-refractivity contribution in [2.45, 2.75) is 31.6 Å². The van der Waals surface area contributed by atoms with Crippen LogP contribution in [0.4, 0.5) is 5.82 Å². The summed E-state index contributed by atoms with van der Waals surface area (Å²) in [5.74, 6) is -0.304. The molecular weight excluding hydrogens is 540 g/mol. The van der Waals surface area contributed by atoms with Crippen LogP contribution in [0.25, 0.3) is 22.5 Å². The lowest BCUT2D eigenvalue weighted by molar-refractivity contribution is -0.156. The smallest absolute Gasteiger partial charge is 0.311 e. The van der Waals surface area contributed by atoms with Crippen molar-refractivity contribution in [3.8, 4) is 16.8 Å². The number of aliphatic carboxylic acids is 1. The van der Waals surface area contributed by atoms with Crippen LogP contribution in [0.3, 0.4) is 0 Å². The van der Waals surface area contributed by atoms with Gasteiger partial charge in [0, 0.05) is 30.4 Å². The van der Waals surface area contributed by atoms with E-state index in [0.717, 1.165) is 22.5 Å². The van der Waals surface area contributed by atoms with Gasteiger partial charge in [0.2, 0.25) is 0 Å². The molecule has 0 saturated heterocycles. The molecule has 11 heteroatoms. The first-order valence-electron chi connectivity index (χ1n) is 12.2. The number of nitrogens with two attached hydrogens (primary N) is 1. The van der Waals surface area contributed by atoms with Gasteiger partial charge in [-0.2, -0.15) is 14.7 Å². The number of hydrogen-bond donors (Lipinski definition) is 2. The SMILES string of the molecule is COCCOC[C@]1(C(=O)O)CC[C@H](c2nc3c(-c4cnn(-c5ccccc5)c4)cnn3c(N)c2Br)CC1. The highest BCUT2D eigenvalue weighted by Gasteiger charge is 2.43. The van der Waals surface area contributed by atoms with Gasteiger partial charge in [0.25, 0.3) is 0 Å². The van der Waals surface area contributed by atoms with Crippen LogP contribution in [0.5, 0.6) is 0 Å². The maximum absolute atomic E-state index is 12.2. The summed E-state index contributed by atoms with van der Waals surface area (Å²) < 4.78 is 14.8. The molecule has 3 heterocycles. The minimum atomic E-state index is -0.903. The number of nitrogen functional groups attached to an aromatic ring is 1. The third-order valence-corrected chi connectivity index (χ3v) is 7.97. The van der Waals surface area contributed by atoms with Crippen LogP contribution in [0.1, 0.15) is 37.3 Å².